The van der Waals surface area contributed by atoms with E-state index in [9.17, 15) is 4.79 Å². The minimum Gasteiger partial charge on any atom is -0.366 e. The lowest BCUT2D eigenvalue weighted by molar-refractivity contribution is 0.0948. The fourth-order valence-corrected chi connectivity index (χ4v) is 3.60. The third-order valence-electron chi connectivity index (χ3n) is 5.08. The number of nitrogens with zero attached hydrogens (tertiary/aromatic N) is 3. The highest BCUT2D eigenvalue weighted by molar-refractivity contribution is 6.30. The number of anilines is 1. The first-order valence-corrected chi connectivity index (χ1v) is 10.2. The Bertz CT molecular complexity index is 1250. The summed E-state index contributed by atoms with van der Waals surface area (Å²) in [5.41, 5.74) is 8.79. The van der Waals surface area contributed by atoms with E-state index in [1.54, 1.807) is 37.4 Å². The van der Waals surface area contributed by atoms with Gasteiger partial charge in [-0.25, -0.2) is 8.91 Å². The summed E-state index contributed by atoms with van der Waals surface area (Å²) in [4.78, 5) is 16.8. The Balaban J connectivity index is 1.49. The van der Waals surface area contributed by atoms with Gasteiger partial charge < -0.3 is 11.1 Å². The predicted molar refractivity (Wildman–Crippen MR) is 120 cm³/mol. The summed E-state index contributed by atoms with van der Waals surface area (Å²) < 4.78 is 16.9. The third-order valence-corrected chi connectivity index (χ3v) is 5.34. The summed E-state index contributed by atoms with van der Waals surface area (Å²) in [6.07, 6.45) is 3.18. The molecule has 4 rings (SSSR count). The number of pyridine rings is 1. The van der Waals surface area contributed by atoms with E-state index in [2.05, 4.69) is 15.4 Å². The number of aromatic nitrogens is 3. The van der Waals surface area contributed by atoms with Crippen LogP contribution in [0, 0.1) is 12.7 Å². The van der Waals surface area contributed by atoms with Crippen LogP contribution >= 0.6 is 11.6 Å². The van der Waals surface area contributed by atoms with Crippen LogP contribution in [-0.2, 0) is 6.42 Å². The lowest BCUT2D eigenvalue weighted by atomic mass is 9.98. The average molecular weight is 438 g/mol. The zero-order valence-electron chi connectivity index (χ0n) is 16.9. The molecule has 0 saturated carbocycles. The molecule has 6 nitrogen and oxygen atoms in total. The Morgan fingerprint density at radius 3 is 2.74 bits per heavy atom. The van der Waals surface area contributed by atoms with Crippen LogP contribution in [0.4, 0.5) is 10.3 Å². The number of halogens is 2. The Morgan fingerprint density at radius 2 is 1.97 bits per heavy atom. The molecule has 0 spiro atoms. The number of fused-ring (bicyclic) bond motifs is 1. The smallest absolute Gasteiger partial charge is 0.254 e. The van der Waals surface area contributed by atoms with Gasteiger partial charge in [-0.15, -0.1) is 5.10 Å². The number of carbonyl (C=O) groups excluding carboxylic acids is 1. The van der Waals surface area contributed by atoms with Crippen molar-refractivity contribution in [2.45, 2.75) is 19.8 Å². The van der Waals surface area contributed by atoms with Crippen molar-refractivity contribution in [1.29, 1.82) is 0 Å². The van der Waals surface area contributed by atoms with Gasteiger partial charge in [0, 0.05) is 23.3 Å². The third kappa shape index (κ3) is 4.51. The van der Waals surface area contributed by atoms with Crippen molar-refractivity contribution in [2.75, 3.05) is 12.3 Å². The number of hydrogen-bond acceptors (Lipinski definition) is 4. The van der Waals surface area contributed by atoms with Gasteiger partial charge in [-0.1, -0.05) is 35.9 Å². The highest BCUT2D eigenvalue weighted by Crippen LogP contribution is 2.28. The molecule has 2 heterocycles. The Hall–Kier alpha value is -3.45. The zero-order valence-corrected chi connectivity index (χ0v) is 17.7. The molecule has 0 aliphatic carbocycles. The normalized spacial score (nSPS) is 11.1. The molecule has 158 valence electrons. The average Bonchev–Trinajstić information content (AvgIpc) is 3.12. The SMILES string of the molecule is Cc1ccc(-c2ccn3nc(N)nc3c2)c(F)c1C(=O)NCCCc1ccc(Cl)cc1. The lowest BCUT2D eigenvalue weighted by Crippen LogP contribution is -2.26. The quantitative estimate of drug-likeness (QED) is 0.436. The molecule has 0 saturated heterocycles. The van der Waals surface area contributed by atoms with Gasteiger partial charge in [-0.2, -0.15) is 4.98 Å². The first-order chi connectivity index (χ1) is 14.9. The number of hydrogen-bond donors (Lipinski definition) is 2. The van der Waals surface area contributed by atoms with E-state index in [0.717, 1.165) is 18.4 Å². The highest BCUT2D eigenvalue weighted by Gasteiger charge is 2.19. The zero-order chi connectivity index (χ0) is 22.0. The van der Waals surface area contributed by atoms with E-state index >= 15 is 4.39 Å². The monoisotopic (exact) mass is 437 g/mol. The molecule has 8 heteroatoms. The molecule has 4 aromatic rings. The summed E-state index contributed by atoms with van der Waals surface area (Å²) in [5, 5.41) is 7.53. The summed E-state index contributed by atoms with van der Waals surface area (Å²) in [6, 6.07) is 14.4. The van der Waals surface area contributed by atoms with Gasteiger partial charge in [0.15, 0.2) is 5.65 Å². The van der Waals surface area contributed by atoms with Gasteiger partial charge in [0.25, 0.3) is 5.91 Å². The molecule has 2 aromatic heterocycles. The molecule has 0 unspecified atom stereocenters. The van der Waals surface area contributed by atoms with Crippen molar-refractivity contribution >= 4 is 29.1 Å². The molecule has 0 fully saturated rings. The molecule has 3 N–H and O–H groups in total. The van der Waals surface area contributed by atoms with Crippen molar-refractivity contribution in [3.8, 4) is 11.1 Å². The predicted octanol–water partition coefficient (Wildman–Crippen LogP) is 4.44. The first-order valence-electron chi connectivity index (χ1n) is 9.86. The number of amides is 1. The van der Waals surface area contributed by atoms with E-state index in [0.29, 0.717) is 33.9 Å². The summed E-state index contributed by atoms with van der Waals surface area (Å²) in [7, 11) is 0. The van der Waals surface area contributed by atoms with Crippen molar-refractivity contribution < 1.29 is 9.18 Å². The van der Waals surface area contributed by atoms with E-state index in [4.69, 9.17) is 17.3 Å². The molecular formula is C23H21ClFN5O. The van der Waals surface area contributed by atoms with Crippen LogP contribution in [0.1, 0.15) is 27.9 Å². The molecule has 0 atom stereocenters. The largest absolute Gasteiger partial charge is 0.366 e. The van der Waals surface area contributed by atoms with Gasteiger partial charge in [0.1, 0.15) is 5.82 Å². The summed E-state index contributed by atoms with van der Waals surface area (Å²) in [5.74, 6) is -0.854. The number of benzene rings is 2. The van der Waals surface area contributed by atoms with Gasteiger partial charge >= 0.3 is 0 Å². The number of rotatable bonds is 6. The Morgan fingerprint density at radius 1 is 1.19 bits per heavy atom. The minimum absolute atomic E-state index is 0.0462. The maximum atomic E-state index is 15.3. The maximum Gasteiger partial charge on any atom is 0.254 e. The van der Waals surface area contributed by atoms with Crippen LogP contribution in [-0.4, -0.2) is 27.0 Å². The number of carbonyl (C=O) groups is 1. The van der Waals surface area contributed by atoms with Crippen molar-refractivity contribution in [2.24, 2.45) is 0 Å². The van der Waals surface area contributed by atoms with Gasteiger partial charge in [-0.3, -0.25) is 4.79 Å². The number of nitrogens with one attached hydrogen (secondary N) is 1. The van der Waals surface area contributed by atoms with Crippen molar-refractivity contribution in [1.82, 2.24) is 19.9 Å². The second kappa shape index (κ2) is 8.73. The number of nitrogen functional groups attached to an aromatic ring is 1. The first kappa shape index (κ1) is 20.8. The highest BCUT2D eigenvalue weighted by atomic mass is 35.5. The molecule has 1 amide bonds. The summed E-state index contributed by atoms with van der Waals surface area (Å²) in [6.45, 7) is 2.16. The van der Waals surface area contributed by atoms with E-state index < -0.39 is 11.7 Å². The fraction of sp³-hybridized carbons (Fsp3) is 0.174. The van der Waals surface area contributed by atoms with Crippen molar-refractivity contribution in [3.63, 3.8) is 0 Å². The minimum atomic E-state index is -0.563. The lowest BCUT2D eigenvalue weighted by Gasteiger charge is -2.12. The van der Waals surface area contributed by atoms with E-state index in [1.165, 1.54) is 4.52 Å². The Kier molecular flexibility index (Phi) is 5.86. The number of aryl methyl sites for hydroxylation is 2. The second-order valence-corrected chi connectivity index (χ2v) is 7.73. The standard InChI is InChI=1S/C23H21ClFN5O/c1-14-4-9-18(16-10-12-30-19(13-16)28-23(26)29-30)21(25)20(14)22(31)27-11-2-3-15-5-7-17(24)8-6-15/h4-10,12-13H,2-3,11H2,1H3,(H2,26,29)(H,27,31). The van der Waals surface area contributed by atoms with E-state index in [-0.39, 0.29) is 11.5 Å². The number of nitrogens with two attached hydrogens (primary N) is 1. The van der Waals surface area contributed by atoms with E-state index in [1.807, 2.05) is 24.3 Å². The molecule has 0 aliphatic rings. The Labute approximate surface area is 183 Å². The maximum absolute atomic E-state index is 15.3. The fourth-order valence-electron chi connectivity index (χ4n) is 3.47. The van der Waals surface area contributed by atoms with Crippen LogP contribution in [0.15, 0.2) is 54.7 Å². The van der Waals surface area contributed by atoms with Crippen molar-refractivity contribution in [3.05, 3.63) is 82.3 Å². The van der Waals surface area contributed by atoms with Gasteiger partial charge in [-0.05, 0) is 60.7 Å². The van der Waals surface area contributed by atoms with Gasteiger partial charge in [0.2, 0.25) is 5.95 Å². The van der Waals surface area contributed by atoms with Crippen LogP contribution < -0.4 is 11.1 Å². The second-order valence-electron chi connectivity index (χ2n) is 7.29. The molecule has 2 aromatic carbocycles. The molecule has 0 aliphatic heterocycles. The molecular weight excluding hydrogens is 417 g/mol. The topological polar surface area (TPSA) is 85.3 Å². The van der Waals surface area contributed by atoms with Crippen LogP contribution in [0.3, 0.4) is 0 Å². The van der Waals surface area contributed by atoms with Crippen LogP contribution in [0.25, 0.3) is 16.8 Å². The molecule has 0 bridgehead atoms. The van der Waals surface area contributed by atoms with Crippen LogP contribution in [0.5, 0.6) is 0 Å². The van der Waals surface area contributed by atoms with Gasteiger partial charge in [0.05, 0.1) is 5.56 Å². The summed E-state index contributed by atoms with van der Waals surface area (Å²) >= 11 is 5.89. The molecule has 31 heavy (non-hydrogen) atoms. The molecule has 0 radical (unpaired) electrons. The van der Waals surface area contributed by atoms with Crippen LogP contribution in [0.2, 0.25) is 5.02 Å².